The van der Waals surface area contributed by atoms with Crippen molar-refractivity contribution in [3.05, 3.63) is 18.0 Å². The van der Waals surface area contributed by atoms with E-state index >= 15 is 0 Å². The van der Waals surface area contributed by atoms with Gasteiger partial charge in [0.05, 0.1) is 6.20 Å². The molecule has 0 aromatic carbocycles. The molecule has 0 saturated heterocycles. The first-order valence-corrected chi connectivity index (χ1v) is 5.64. The number of rotatable bonds is 6. The molecule has 1 atom stereocenters. The molecule has 4 heteroatoms. The van der Waals surface area contributed by atoms with Crippen LogP contribution in [0.1, 0.15) is 25.8 Å². The van der Waals surface area contributed by atoms with E-state index in [1.54, 1.807) is 0 Å². The molecule has 1 aromatic rings. The van der Waals surface area contributed by atoms with Crippen LogP contribution < -0.4 is 5.32 Å². The average molecular weight is 216 g/mol. The maximum Gasteiger partial charge on any atom is 0.0534 e. The predicted octanol–water partition coefficient (Wildman–Crippen LogP) is 2.01. The number of hydrogen-bond acceptors (Lipinski definition) is 2. The van der Waals surface area contributed by atoms with Crippen LogP contribution in [0.15, 0.2) is 12.4 Å². The maximum absolute atomic E-state index is 5.78. The molecule has 1 N–H and O–H groups in total. The summed E-state index contributed by atoms with van der Waals surface area (Å²) in [4.78, 5) is 0. The normalized spacial score (nSPS) is 13.1. The molecule has 0 spiro atoms. The van der Waals surface area contributed by atoms with E-state index in [1.807, 2.05) is 10.9 Å². The van der Waals surface area contributed by atoms with Crippen molar-refractivity contribution >= 4 is 11.6 Å². The van der Waals surface area contributed by atoms with Gasteiger partial charge in [0, 0.05) is 36.8 Å². The molecule has 14 heavy (non-hydrogen) atoms. The first-order chi connectivity index (χ1) is 6.80. The zero-order chi connectivity index (χ0) is 10.4. The predicted molar refractivity (Wildman–Crippen MR) is 59.5 cm³/mol. The maximum atomic E-state index is 5.78. The molecule has 1 unspecified atom stereocenters. The number of halogens is 1. The van der Waals surface area contributed by atoms with Crippen molar-refractivity contribution in [3.8, 4) is 0 Å². The smallest absolute Gasteiger partial charge is 0.0534 e. The van der Waals surface area contributed by atoms with E-state index in [4.69, 9.17) is 11.6 Å². The Kier molecular flexibility index (Phi) is 4.98. The molecule has 0 saturated carbocycles. The van der Waals surface area contributed by atoms with Gasteiger partial charge in [-0.1, -0.05) is 6.92 Å². The van der Waals surface area contributed by atoms with Crippen molar-refractivity contribution in [2.75, 3.05) is 5.88 Å². The second-order valence-electron chi connectivity index (χ2n) is 3.34. The van der Waals surface area contributed by atoms with Crippen molar-refractivity contribution in [1.29, 1.82) is 0 Å². The van der Waals surface area contributed by atoms with E-state index in [0.717, 1.165) is 19.5 Å². The van der Waals surface area contributed by atoms with Gasteiger partial charge in [-0.3, -0.25) is 4.68 Å². The largest absolute Gasteiger partial charge is 0.309 e. The highest BCUT2D eigenvalue weighted by atomic mass is 35.5. The Labute approximate surface area is 90.4 Å². The Bertz CT molecular complexity index is 256. The van der Waals surface area contributed by atoms with Crippen molar-refractivity contribution in [2.24, 2.45) is 0 Å². The molecule has 3 nitrogen and oxygen atoms in total. The van der Waals surface area contributed by atoms with Crippen LogP contribution in [0, 0.1) is 0 Å². The lowest BCUT2D eigenvalue weighted by molar-refractivity contribution is 0.538. The molecule has 1 aromatic heterocycles. The molecule has 0 amide bonds. The molecule has 1 heterocycles. The molecule has 0 aliphatic carbocycles. The quantitative estimate of drug-likeness (QED) is 0.736. The van der Waals surface area contributed by atoms with E-state index < -0.39 is 0 Å². The van der Waals surface area contributed by atoms with Gasteiger partial charge in [0.25, 0.3) is 0 Å². The number of nitrogens with one attached hydrogen (secondary N) is 1. The lowest BCUT2D eigenvalue weighted by atomic mass is 10.2. The summed E-state index contributed by atoms with van der Waals surface area (Å²) in [6.45, 7) is 5.99. The summed E-state index contributed by atoms with van der Waals surface area (Å²) >= 11 is 5.78. The second kappa shape index (κ2) is 6.04. The Morgan fingerprint density at radius 3 is 2.86 bits per heavy atom. The third-order valence-electron chi connectivity index (χ3n) is 2.28. The summed E-state index contributed by atoms with van der Waals surface area (Å²) in [5, 5.41) is 7.60. The van der Waals surface area contributed by atoms with Crippen LogP contribution in [0.3, 0.4) is 0 Å². The molecule has 1 rings (SSSR count). The average Bonchev–Trinajstić information content (AvgIpc) is 2.67. The number of alkyl halides is 1. The third-order valence-corrected chi connectivity index (χ3v) is 2.66. The Hall–Kier alpha value is -0.540. The summed E-state index contributed by atoms with van der Waals surface area (Å²) in [5.41, 5.74) is 1.22. The highest BCUT2D eigenvalue weighted by Crippen LogP contribution is 2.00. The van der Waals surface area contributed by atoms with E-state index in [1.165, 1.54) is 5.56 Å². The minimum absolute atomic E-state index is 0.404. The number of nitrogens with zero attached hydrogens (tertiary/aromatic N) is 2. The van der Waals surface area contributed by atoms with Crippen LogP contribution in [0.5, 0.6) is 0 Å². The number of aryl methyl sites for hydroxylation is 1. The Balaban J connectivity index is 2.37. The van der Waals surface area contributed by atoms with Gasteiger partial charge >= 0.3 is 0 Å². The molecule has 0 aliphatic heterocycles. The van der Waals surface area contributed by atoms with Crippen LogP contribution in [-0.2, 0) is 13.1 Å². The molecule has 0 fully saturated rings. The van der Waals surface area contributed by atoms with Crippen LogP contribution in [-0.4, -0.2) is 21.7 Å². The van der Waals surface area contributed by atoms with Crippen molar-refractivity contribution < 1.29 is 0 Å². The minimum Gasteiger partial charge on any atom is -0.309 e. The summed E-state index contributed by atoms with van der Waals surface area (Å²) < 4.78 is 1.93. The Morgan fingerprint density at radius 1 is 1.57 bits per heavy atom. The fourth-order valence-corrected chi connectivity index (χ4v) is 1.57. The SMILES string of the molecule is CCC(CCl)NCc1cnn(CC)c1. The van der Waals surface area contributed by atoms with Gasteiger partial charge in [-0.15, -0.1) is 11.6 Å². The van der Waals surface area contributed by atoms with Crippen molar-refractivity contribution in [1.82, 2.24) is 15.1 Å². The van der Waals surface area contributed by atoms with E-state index in [9.17, 15) is 0 Å². The topological polar surface area (TPSA) is 29.9 Å². The highest BCUT2D eigenvalue weighted by Gasteiger charge is 2.04. The second-order valence-corrected chi connectivity index (χ2v) is 3.65. The fourth-order valence-electron chi connectivity index (χ4n) is 1.24. The van der Waals surface area contributed by atoms with Gasteiger partial charge < -0.3 is 5.32 Å². The van der Waals surface area contributed by atoms with Gasteiger partial charge in [0.1, 0.15) is 0 Å². The van der Waals surface area contributed by atoms with Crippen LogP contribution in [0.25, 0.3) is 0 Å². The monoisotopic (exact) mass is 215 g/mol. The van der Waals surface area contributed by atoms with Crippen molar-refractivity contribution in [2.45, 2.75) is 39.4 Å². The first kappa shape index (κ1) is 11.5. The molecule has 80 valence electrons. The lowest BCUT2D eigenvalue weighted by Gasteiger charge is -2.12. The summed E-state index contributed by atoms with van der Waals surface area (Å²) in [5.74, 6) is 0.665. The fraction of sp³-hybridized carbons (Fsp3) is 0.700. The zero-order valence-corrected chi connectivity index (χ0v) is 9.59. The van der Waals surface area contributed by atoms with Crippen LogP contribution in [0.4, 0.5) is 0 Å². The van der Waals surface area contributed by atoms with Gasteiger partial charge in [-0.05, 0) is 13.3 Å². The number of hydrogen-bond donors (Lipinski definition) is 1. The number of aromatic nitrogens is 2. The third kappa shape index (κ3) is 3.31. The standard InChI is InChI=1S/C10H18ClN3/c1-3-10(5-11)12-6-9-7-13-14(4-2)8-9/h7-8,10,12H,3-6H2,1-2H3. The highest BCUT2D eigenvalue weighted by molar-refractivity contribution is 6.18. The molecular formula is C10H18ClN3. The van der Waals surface area contributed by atoms with Gasteiger partial charge in [-0.25, -0.2) is 0 Å². The van der Waals surface area contributed by atoms with Gasteiger partial charge in [-0.2, -0.15) is 5.10 Å². The lowest BCUT2D eigenvalue weighted by Crippen LogP contribution is -2.29. The molecule has 0 bridgehead atoms. The van der Waals surface area contributed by atoms with Gasteiger partial charge in [0.2, 0.25) is 0 Å². The molecule has 0 radical (unpaired) electrons. The minimum atomic E-state index is 0.404. The van der Waals surface area contributed by atoms with E-state index in [2.05, 4.69) is 30.5 Å². The first-order valence-electron chi connectivity index (χ1n) is 5.10. The zero-order valence-electron chi connectivity index (χ0n) is 8.83. The molecular weight excluding hydrogens is 198 g/mol. The van der Waals surface area contributed by atoms with Crippen LogP contribution in [0.2, 0.25) is 0 Å². The van der Waals surface area contributed by atoms with E-state index in [0.29, 0.717) is 11.9 Å². The van der Waals surface area contributed by atoms with Crippen molar-refractivity contribution in [3.63, 3.8) is 0 Å². The molecule has 0 aliphatic rings. The van der Waals surface area contributed by atoms with E-state index in [-0.39, 0.29) is 0 Å². The Morgan fingerprint density at radius 2 is 2.36 bits per heavy atom. The van der Waals surface area contributed by atoms with Gasteiger partial charge in [0.15, 0.2) is 0 Å². The van der Waals surface area contributed by atoms with Crippen LogP contribution >= 0.6 is 11.6 Å². The summed E-state index contributed by atoms with van der Waals surface area (Å²) in [6, 6.07) is 0.404. The summed E-state index contributed by atoms with van der Waals surface area (Å²) in [6.07, 6.45) is 5.02. The summed E-state index contributed by atoms with van der Waals surface area (Å²) in [7, 11) is 0.